The molecule has 1 aromatic carbocycles. The number of rotatable bonds is 4. The van der Waals surface area contributed by atoms with Gasteiger partial charge in [0.15, 0.2) is 0 Å². The van der Waals surface area contributed by atoms with Crippen molar-refractivity contribution in [3.63, 3.8) is 0 Å². The molecule has 0 unspecified atom stereocenters. The zero-order chi connectivity index (χ0) is 18.1. The monoisotopic (exact) mass is 368 g/mol. The Morgan fingerprint density at radius 3 is 2.92 bits per heavy atom. The SMILES string of the molecule is C[C@@H](C(=O)OCc1ccccc1)N1Cc2cnnn2-c2ccsc2C1=O. The summed E-state index contributed by atoms with van der Waals surface area (Å²) in [7, 11) is 0. The van der Waals surface area contributed by atoms with Gasteiger partial charge in [0, 0.05) is 0 Å². The van der Waals surface area contributed by atoms with Crippen molar-refractivity contribution in [2.45, 2.75) is 26.1 Å². The lowest BCUT2D eigenvalue weighted by Crippen LogP contribution is -2.42. The Morgan fingerprint density at radius 1 is 1.31 bits per heavy atom. The smallest absolute Gasteiger partial charge is 0.328 e. The molecule has 4 rings (SSSR count). The lowest BCUT2D eigenvalue weighted by atomic mass is 10.2. The van der Waals surface area contributed by atoms with Gasteiger partial charge in [0.05, 0.1) is 24.1 Å². The van der Waals surface area contributed by atoms with Crippen LogP contribution in [0.3, 0.4) is 0 Å². The van der Waals surface area contributed by atoms with Crippen LogP contribution in [0.15, 0.2) is 48.0 Å². The number of aromatic nitrogens is 3. The van der Waals surface area contributed by atoms with Crippen LogP contribution in [0.2, 0.25) is 0 Å². The van der Waals surface area contributed by atoms with Crippen LogP contribution in [0, 0.1) is 0 Å². The van der Waals surface area contributed by atoms with Gasteiger partial charge in [-0.2, -0.15) is 0 Å². The summed E-state index contributed by atoms with van der Waals surface area (Å²) in [5.74, 6) is -0.647. The van der Waals surface area contributed by atoms with E-state index in [0.717, 1.165) is 11.3 Å². The van der Waals surface area contributed by atoms with E-state index in [4.69, 9.17) is 4.74 Å². The maximum Gasteiger partial charge on any atom is 0.328 e. The van der Waals surface area contributed by atoms with Crippen molar-refractivity contribution < 1.29 is 14.3 Å². The third-order valence-corrected chi connectivity index (χ3v) is 5.20. The van der Waals surface area contributed by atoms with Gasteiger partial charge in [-0.15, -0.1) is 16.4 Å². The van der Waals surface area contributed by atoms with Crippen LogP contribution < -0.4 is 0 Å². The van der Waals surface area contributed by atoms with Gasteiger partial charge in [0.2, 0.25) is 0 Å². The number of ether oxygens (including phenoxy) is 1. The number of nitrogens with zero attached hydrogens (tertiary/aromatic N) is 4. The summed E-state index contributed by atoms with van der Waals surface area (Å²) in [5.41, 5.74) is 2.34. The zero-order valence-electron chi connectivity index (χ0n) is 14.0. The highest BCUT2D eigenvalue weighted by molar-refractivity contribution is 7.12. The van der Waals surface area contributed by atoms with Gasteiger partial charge in [-0.3, -0.25) is 4.79 Å². The number of amides is 1. The molecule has 0 radical (unpaired) electrons. The normalized spacial score (nSPS) is 14.3. The lowest BCUT2D eigenvalue weighted by Gasteiger charge is -2.25. The maximum atomic E-state index is 13.0. The Bertz CT molecular complexity index is 950. The molecule has 0 saturated heterocycles. The van der Waals surface area contributed by atoms with E-state index in [2.05, 4.69) is 10.3 Å². The minimum atomic E-state index is -0.720. The second-order valence-electron chi connectivity index (χ2n) is 5.97. The van der Waals surface area contributed by atoms with E-state index < -0.39 is 12.0 Å². The van der Waals surface area contributed by atoms with Crippen molar-refractivity contribution in [2.24, 2.45) is 0 Å². The van der Waals surface area contributed by atoms with Crippen molar-refractivity contribution in [2.75, 3.05) is 0 Å². The van der Waals surface area contributed by atoms with E-state index in [1.165, 1.54) is 16.2 Å². The topological polar surface area (TPSA) is 77.3 Å². The summed E-state index contributed by atoms with van der Waals surface area (Å²) in [5, 5.41) is 9.81. The van der Waals surface area contributed by atoms with Gasteiger partial charge < -0.3 is 9.64 Å². The lowest BCUT2D eigenvalue weighted by molar-refractivity contribution is -0.150. The highest BCUT2D eigenvalue weighted by Crippen LogP contribution is 2.28. The van der Waals surface area contributed by atoms with Crippen LogP contribution in [0.4, 0.5) is 0 Å². The summed E-state index contributed by atoms with van der Waals surface area (Å²) in [6.45, 7) is 2.10. The molecule has 1 atom stereocenters. The van der Waals surface area contributed by atoms with E-state index in [1.54, 1.807) is 17.8 Å². The van der Waals surface area contributed by atoms with E-state index in [9.17, 15) is 9.59 Å². The maximum absolute atomic E-state index is 13.0. The van der Waals surface area contributed by atoms with Crippen molar-refractivity contribution in [1.82, 2.24) is 19.9 Å². The molecule has 0 bridgehead atoms. The predicted octanol–water partition coefficient (Wildman–Crippen LogP) is 2.42. The fourth-order valence-electron chi connectivity index (χ4n) is 2.86. The van der Waals surface area contributed by atoms with Crippen molar-refractivity contribution in [3.8, 4) is 5.69 Å². The first kappa shape index (κ1) is 16.5. The fraction of sp³-hybridized carbons (Fsp3) is 0.222. The molecule has 3 heterocycles. The van der Waals surface area contributed by atoms with E-state index in [0.29, 0.717) is 10.6 Å². The van der Waals surface area contributed by atoms with Gasteiger partial charge in [0.25, 0.3) is 5.91 Å². The zero-order valence-corrected chi connectivity index (χ0v) is 14.8. The first-order valence-corrected chi connectivity index (χ1v) is 9.02. The Balaban J connectivity index is 1.55. The van der Waals surface area contributed by atoms with Gasteiger partial charge in [-0.1, -0.05) is 35.5 Å². The second kappa shape index (κ2) is 6.72. The molecule has 132 valence electrons. The second-order valence-corrected chi connectivity index (χ2v) is 6.89. The molecule has 7 nitrogen and oxygen atoms in total. The van der Waals surface area contributed by atoms with Gasteiger partial charge >= 0.3 is 5.97 Å². The van der Waals surface area contributed by atoms with E-state index in [1.807, 2.05) is 41.8 Å². The molecule has 0 fully saturated rings. The van der Waals surface area contributed by atoms with Crippen LogP contribution >= 0.6 is 11.3 Å². The Labute approximate surface area is 153 Å². The number of carbonyl (C=O) groups excluding carboxylic acids is 2. The van der Waals surface area contributed by atoms with E-state index >= 15 is 0 Å². The highest BCUT2D eigenvalue weighted by atomic mass is 32.1. The molecule has 1 aliphatic heterocycles. The molecule has 1 aliphatic rings. The highest BCUT2D eigenvalue weighted by Gasteiger charge is 2.34. The molecule has 0 spiro atoms. The standard InChI is InChI=1S/C18H16N4O3S/c1-12(18(24)25-11-13-5-3-2-4-6-13)21-10-14-9-19-20-22(14)15-7-8-26-16(15)17(21)23/h2-9,12H,10-11H2,1H3/t12-/m0/s1. The largest absolute Gasteiger partial charge is 0.459 e. The van der Waals surface area contributed by atoms with Crippen LogP contribution in [-0.4, -0.2) is 37.8 Å². The Hall–Kier alpha value is -3.00. The van der Waals surface area contributed by atoms with Crippen molar-refractivity contribution >= 4 is 23.2 Å². The third-order valence-electron chi connectivity index (χ3n) is 4.31. The quantitative estimate of drug-likeness (QED) is 0.661. The van der Waals surface area contributed by atoms with Crippen LogP contribution in [0.25, 0.3) is 5.69 Å². The van der Waals surface area contributed by atoms with Crippen LogP contribution in [0.5, 0.6) is 0 Å². The molecule has 0 aliphatic carbocycles. The van der Waals surface area contributed by atoms with Gasteiger partial charge in [-0.05, 0) is 23.9 Å². The van der Waals surface area contributed by atoms with Crippen LogP contribution in [-0.2, 0) is 22.7 Å². The Morgan fingerprint density at radius 2 is 2.12 bits per heavy atom. The first-order chi connectivity index (χ1) is 12.6. The van der Waals surface area contributed by atoms with Crippen LogP contribution in [0.1, 0.15) is 27.9 Å². The molecule has 3 aromatic rings. The Kier molecular flexibility index (Phi) is 4.26. The number of thiophene rings is 1. The number of hydrogen-bond donors (Lipinski definition) is 0. The molecule has 8 heteroatoms. The molecule has 0 N–H and O–H groups in total. The number of esters is 1. The summed E-state index contributed by atoms with van der Waals surface area (Å²) in [6.07, 6.45) is 1.61. The molecule has 0 saturated carbocycles. The molecular weight excluding hydrogens is 352 g/mol. The number of hydrogen-bond acceptors (Lipinski definition) is 6. The van der Waals surface area contributed by atoms with Gasteiger partial charge in [0.1, 0.15) is 17.5 Å². The number of carbonyl (C=O) groups is 2. The average molecular weight is 368 g/mol. The fourth-order valence-corrected chi connectivity index (χ4v) is 3.69. The summed E-state index contributed by atoms with van der Waals surface area (Å²) >= 11 is 1.32. The minimum absolute atomic E-state index is 0.176. The van der Waals surface area contributed by atoms with E-state index in [-0.39, 0.29) is 19.1 Å². The summed E-state index contributed by atoms with van der Waals surface area (Å²) < 4.78 is 7.05. The molecule has 26 heavy (non-hydrogen) atoms. The summed E-state index contributed by atoms with van der Waals surface area (Å²) in [4.78, 5) is 27.5. The third kappa shape index (κ3) is 2.88. The van der Waals surface area contributed by atoms with Crippen molar-refractivity contribution in [3.05, 3.63) is 64.1 Å². The molecular formula is C18H16N4O3S. The molecule has 2 aromatic heterocycles. The summed E-state index contributed by atoms with van der Waals surface area (Å²) in [6, 6.07) is 10.6. The number of fused-ring (bicyclic) bond motifs is 3. The number of benzene rings is 1. The van der Waals surface area contributed by atoms with Crippen molar-refractivity contribution in [1.29, 1.82) is 0 Å². The van der Waals surface area contributed by atoms with Gasteiger partial charge in [-0.25, -0.2) is 9.48 Å². The first-order valence-electron chi connectivity index (χ1n) is 8.14. The average Bonchev–Trinajstić information content (AvgIpc) is 3.30. The molecule has 1 amide bonds. The minimum Gasteiger partial charge on any atom is -0.459 e. The predicted molar refractivity (Wildman–Crippen MR) is 94.8 cm³/mol.